The van der Waals surface area contributed by atoms with Crippen molar-refractivity contribution >= 4 is 0 Å². The molecule has 1 rings (SSSR count). The highest BCUT2D eigenvalue weighted by Crippen LogP contribution is 2.17. The number of ether oxygens (including phenoxy) is 1. The minimum atomic E-state index is 0.119. The molecule has 2 heteroatoms. The van der Waals surface area contributed by atoms with E-state index in [9.17, 15) is 0 Å². The molecule has 1 aliphatic rings. The topological polar surface area (TPSA) is 29.5 Å². The maximum absolute atomic E-state index is 8.68. The first-order valence-electron chi connectivity index (χ1n) is 3.59. The van der Waals surface area contributed by atoms with Crippen LogP contribution in [0.1, 0.15) is 26.2 Å². The summed E-state index contributed by atoms with van der Waals surface area (Å²) < 4.78 is 5.39. The van der Waals surface area contributed by atoms with Crippen LogP contribution in [0.3, 0.4) is 0 Å². The van der Waals surface area contributed by atoms with Gasteiger partial charge in [-0.25, -0.2) is 0 Å². The van der Waals surface area contributed by atoms with Crippen molar-refractivity contribution < 1.29 is 9.84 Å². The summed E-state index contributed by atoms with van der Waals surface area (Å²) in [4.78, 5) is 0. The maximum atomic E-state index is 8.68. The van der Waals surface area contributed by atoms with Gasteiger partial charge in [0, 0.05) is 0 Å². The molecule has 2 atom stereocenters. The molecule has 0 amide bonds. The van der Waals surface area contributed by atoms with Crippen molar-refractivity contribution in [2.24, 2.45) is 0 Å². The predicted molar refractivity (Wildman–Crippen MR) is 35.3 cm³/mol. The van der Waals surface area contributed by atoms with E-state index >= 15 is 0 Å². The summed E-state index contributed by atoms with van der Waals surface area (Å²) in [5, 5.41) is 8.68. The van der Waals surface area contributed by atoms with Crippen LogP contribution in [0.4, 0.5) is 0 Å². The zero-order valence-electron chi connectivity index (χ0n) is 5.84. The average molecular weight is 130 g/mol. The molecule has 0 saturated carbocycles. The summed E-state index contributed by atoms with van der Waals surface area (Å²) in [5.74, 6) is 0. The van der Waals surface area contributed by atoms with Crippen LogP contribution in [0.2, 0.25) is 0 Å². The molecule has 0 bridgehead atoms. The SMILES string of the molecule is CC1CCCC(CO)O1. The monoisotopic (exact) mass is 130 g/mol. The minimum Gasteiger partial charge on any atom is -0.394 e. The van der Waals surface area contributed by atoms with E-state index in [4.69, 9.17) is 9.84 Å². The first-order valence-corrected chi connectivity index (χ1v) is 3.59. The second-order valence-electron chi connectivity index (χ2n) is 2.68. The molecule has 2 unspecified atom stereocenters. The molecule has 0 aliphatic carbocycles. The van der Waals surface area contributed by atoms with Crippen molar-refractivity contribution in [3.05, 3.63) is 0 Å². The Morgan fingerprint density at radius 2 is 2.33 bits per heavy atom. The lowest BCUT2D eigenvalue weighted by atomic mass is 10.1. The third kappa shape index (κ3) is 1.95. The van der Waals surface area contributed by atoms with Gasteiger partial charge in [0.1, 0.15) is 0 Å². The van der Waals surface area contributed by atoms with Gasteiger partial charge in [-0.05, 0) is 26.2 Å². The van der Waals surface area contributed by atoms with Gasteiger partial charge in [-0.1, -0.05) is 0 Å². The van der Waals surface area contributed by atoms with Gasteiger partial charge in [0.25, 0.3) is 0 Å². The lowest BCUT2D eigenvalue weighted by Gasteiger charge is -2.25. The van der Waals surface area contributed by atoms with Crippen LogP contribution in [0.5, 0.6) is 0 Å². The lowest BCUT2D eigenvalue weighted by Crippen LogP contribution is -2.27. The minimum absolute atomic E-state index is 0.119. The standard InChI is InChI=1S/C7H14O2/c1-6-3-2-4-7(5-8)9-6/h6-8H,2-5H2,1H3. The van der Waals surface area contributed by atoms with Crippen molar-refractivity contribution in [1.82, 2.24) is 0 Å². The molecule has 1 aliphatic heterocycles. The van der Waals surface area contributed by atoms with Crippen molar-refractivity contribution in [2.45, 2.75) is 38.4 Å². The van der Waals surface area contributed by atoms with Crippen LogP contribution in [0.15, 0.2) is 0 Å². The summed E-state index contributed by atoms with van der Waals surface area (Å²) in [5.41, 5.74) is 0. The first-order chi connectivity index (χ1) is 4.33. The normalized spacial score (nSPS) is 36.7. The molecule has 1 fully saturated rings. The number of rotatable bonds is 1. The second-order valence-corrected chi connectivity index (χ2v) is 2.68. The van der Waals surface area contributed by atoms with Gasteiger partial charge in [-0.15, -0.1) is 0 Å². The zero-order chi connectivity index (χ0) is 6.69. The van der Waals surface area contributed by atoms with Crippen LogP contribution < -0.4 is 0 Å². The summed E-state index contributed by atoms with van der Waals surface area (Å²) in [6, 6.07) is 0. The smallest absolute Gasteiger partial charge is 0.0809 e. The Labute approximate surface area is 55.8 Å². The lowest BCUT2D eigenvalue weighted by molar-refractivity contribution is -0.0633. The Hall–Kier alpha value is -0.0800. The molecule has 0 radical (unpaired) electrons. The summed E-state index contributed by atoms with van der Waals surface area (Å²) in [6.45, 7) is 2.24. The highest BCUT2D eigenvalue weighted by Gasteiger charge is 2.17. The number of aliphatic hydroxyl groups is 1. The van der Waals surface area contributed by atoms with Crippen molar-refractivity contribution in [1.29, 1.82) is 0 Å². The molecule has 9 heavy (non-hydrogen) atoms. The quantitative estimate of drug-likeness (QED) is 0.572. The van der Waals surface area contributed by atoms with Crippen LogP contribution in [-0.4, -0.2) is 23.9 Å². The Morgan fingerprint density at radius 3 is 2.78 bits per heavy atom. The Kier molecular flexibility index (Phi) is 2.49. The molecule has 54 valence electrons. The summed E-state index contributed by atoms with van der Waals surface area (Å²) in [6.07, 6.45) is 3.86. The fourth-order valence-corrected chi connectivity index (χ4v) is 1.23. The molecule has 0 aromatic rings. The molecule has 0 aromatic carbocycles. The Balaban J connectivity index is 2.23. The maximum Gasteiger partial charge on any atom is 0.0809 e. The number of aliphatic hydroxyl groups excluding tert-OH is 1. The molecule has 1 N–H and O–H groups in total. The Morgan fingerprint density at radius 1 is 1.56 bits per heavy atom. The van der Waals surface area contributed by atoms with Crippen LogP contribution in [0, 0.1) is 0 Å². The molecule has 0 aromatic heterocycles. The van der Waals surface area contributed by atoms with Gasteiger partial charge in [0.05, 0.1) is 18.8 Å². The highest BCUT2D eigenvalue weighted by atomic mass is 16.5. The van der Waals surface area contributed by atoms with Gasteiger partial charge in [-0.2, -0.15) is 0 Å². The second kappa shape index (κ2) is 3.18. The van der Waals surface area contributed by atoms with E-state index in [1.165, 1.54) is 6.42 Å². The van der Waals surface area contributed by atoms with Gasteiger partial charge in [0.2, 0.25) is 0 Å². The van der Waals surface area contributed by atoms with E-state index in [2.05, 4.69) is 6.92 Å². The molecule has 0 spiro atoms. The van der Waals surface area contributed by atoms with Gasteiger partial charge < -0.3 is 9.84 Å². The van der Waals surface area contributed by atoms with E-state index < -0.39 is 0 Å². The third-order valence-corrected chi connectivity index (χ3v) is 1.77. The first kappa shape index (κ1) is 7.03. The van der Waals surface area contributed by atoms with E-state index in [0.29, 0.717) is 6.10 Å². The van der Waals surface area contributed by atoms with E-state index in [0.717, 1.165) is 12.8 Å². The van der Waals surface area contributed by atoms with Gasteiger partial charge in [-0.3, -0.25) is 0 Å². The van der Waals surface area contributed by atoms with Gasteiger partial charge >= 0.3 is 0 Å². The van der Waals surface area contributed by atoms with Crippen molar-refractivity contribution in [3.63, 3.8) is 0 Å². The molecule has 1 heterocycles. The van der Waals surface area contributed by atoms with E-state index in [-0.39, 0.29) is 12.7 Å². The largest absolute Gasteiger partial charge is 0.394 e. The predicted octanol–water partition coefficient (Wildman–Crippen LogP) is 0.936. The summed E-state index contributed by atoms with van der Waals surface area (Å²) in [7, 11) is 0. The van der Waals surface area contributed by atoms with Gasteiger partial charge in [0.15, 0.2) is 0 Å². The highest BCUT2D eigenvalue weighted by molar-refractivity contribution is 4.66. The summed E-state index contributed by atoms with van der Waals surface area (Å²) >= 11 is 0. The number of hydrogen-bond donors (Lipinski definition) is 1. The Bertz CT molecular complexity index is 83.0. The fourth-order valence-electron chi connectivity index (χ4n) is 1.23. The fraction of sp³-hybridized carbons (Fsp3) is 1.00. The van der Waals surface area contributed by atoms with Crippen LogP contribution >= 0.6 is 0 Å². The number of hydrogen-bond acceptors (Lipinski definition) is 2. The third-order valence-electron chi connectivity index (χ3n) is 1.77. The van der Waals surface area contributed by atoms with Crippen LogP contribution in [-0.2, 0) is 4.74 Å². The van der Waals surface area contributed by atoms with E-state index in [1.54, 1.807) is 0 Å². The van der Waals surface area contributed by atoms with E-state index in [1.807, 2.05) is 0 Å². The molecule has 1 saturated heterocycles. The van der Waals surface area contributed by atoms with Crippen molar-refractivity contribution in [2.75, 3.05) is 6.61 Å². The molecular formula is C7H14O2. The zero-order valence-corrected chi connectivity index (χ0v) is 5.84. The average Bonchev–Trinajstić information content (AvgIpc) is 1.88. The molecular weight excluding hydrogens is 116 g/mol. The molecule has 2 nitrogen and oxygen atoms in total. The van der Waals surface area contributed by atoms with Crippen molar-refractivity contribution in [3.8, 4) is 0 Å². The van der Waals surface area contributed by atoms with Crippen LogP contribution in [0.25, 0.3) is 0 Å².